The second-order valence-corrected chi connectivity index (χ2v) is 4.87. The largest absolute Gasteiger partial charge is 0.240 e. The standard InChI is InChI=1S/C10H12ClNO2S/c11-8-4-5-9-12-15(13,14)10-6-2-1-3-7-10/h1-7,12H,8-9H2/b5-4+. The first kappa shape index (κ1) is 12.2. The van der Waals surface area contributed by atoms with E-state index in [1.54, 1.807) is 42.5 Å². The van der Waals surface area contributed by atoms with E-state index in [0.717, 1.165) is 0 Å². The first-order valence-corrected chi connectivity index (χ1v) is 6.44. The molecular formula is C10H12ClNO2S. The molecule has 0 aliphatic heterocycles. The van der Waals surface area contributed by atoms with Crippen LogP contribution in [0.1, 0.15) is 0 Å². The summed E-state index contributed by atoms with van der Waals surface area (Å²) in [6.45, 7) is 0.254. The number of allylic oxidation sites excluding steroid dienone is 1. The summed E-state index contributed by atoms with van der Waals surface area (Å²) in [4.78, 5) is 0.268. The number of alkyl halides is 1. The third-order valence-electron chi connectivity index (χ3n) is 1.70. The van der Waals surface area contributed by atoms with Crippen LogP contribution < -0.4 is 4.72 Å². The van der Waals surface area contributed by atoms with E-state index < -0.39 is 10.0 Å². The van der Waals surface area contributed by atoms with Crippen LogP contribution in [0.4, 0.5) is 0 Å². The lowest BCUT2D eigenvalue weighted by Crippen LogP contribution is -2.23. The minimum absolute atomic E-state index is 0.254. The topological polar surface area (TPSA) is 46.2 Å². The van der Waals surface area contributed by atoms with E-state index in [0.29, 0.717) is 5.88 Å². The van der Waals surface area contributed by atoms with Crippen molar-refractivity contribution in [2.24, 2.45) is 0 Å². The van der Waals surface area contributed by atoms with E-state index in [1.165, 1.54) is 0 Å². The molecule has 3 nitrogen and oxygen atoms in total. The van der Waals surface area contributed by atoms with Crippen LogP contribution in [-0.2, 0) is 10.0 Å². The lowest BCUT2D eigenvalue weighted by atomic mass is 10.4. The maximum absolute atomic E-state index is 11.6. The van der Waals surface area contributed by atoms with Gasteiger partial charge in [-0.05, 0) is 12.1 Å². The average molecular weight is 246 g/mol. The predicted molar refractivity (Wildman–Crippen MR) is 61.5 cm³/mol. The van der Waals surface area contributed by atoms with Gasteiger partial charge in [0.25, 0.3) is 0 Å². The molecule has 0 unspecified atom stereocenters. The summed E-state index contributed by atoms with van der Waals surface area (Å²) in [5.41, 5.74) is 0. The summed E-state index contributed by atoms with van der Waals surface area (Å²) in [5.74, 6) is 0.382. The molecule has 1 N–H and O–H groups in total. The van der Waals surface area contributed by atoms with Crippen LogP contribution >= 0.6 is 11.6 Å². The number of halogens is 1. The number of hydrogen-bond donors (Lipinski definition) is 1. The summed E-state index contributed by atoms with van der Waals surface area (Å²) in [6, 6.07) is 8.24. The second-order valence-electron chi connectivity index (χ2n) is 2.79. The van der Waals surface area contributed by atoms with Crippen molar-refractivity contribution >= 4 is 21.6 Å². The van der Waals surface area contributed by atoms with Gasteiger partial charge >= 0.3 is 0 Å². The van der Waals surface area contributed by atoms with Crippen molar-refractivity contribution in [1.29, 1.82) is 0 Å². The highest BCUT2D eigenvalue weighted by molar-refractivity contribution is 7.89. The summed E-state index contributed by atoms with van der Waals surface area (Å²) in [7, 11) is -3.39. The maximum atomic E-state index is 11.6. The van der Waals surface area contributed by atoms with Crippen LogP contribution in [0.2, 0.25) is 0 Å². The summed E-state index contributed by atoms with van der Waals surface area (Å²) >= 11 is 5.40. The van der Waals surface area contributed by atoms with Gasteiger partial charge in [-0.25, -0.2) is 13.1 Å². The van der Waals surface area contributed by atoms with E-state index in [2.05, 4.69) is 4.72 Å². The Morgan fingerprint density at radius 3 is 2.47 bits per heavy atom. The minimum atomic E-state index is -3.39. The highest BCUT2D eigenvalue weighted by Gasteiger charge is 2.10. The molecule has 1 aromatic carbocycles. The Balaban J connectivity index is 2.65. The van der Waals surface area contributed by atoms with Gasteiger partial charge in [-0.3, -0.25) is 0 Å². The molecule has 1 aromatic rings. The van der Waals surface area contributed by atoms with Gasteiger partial charge in [0.2, 0.25) is 10.0 Å². The normalized spacial score (nSPS) is 12.1. The summed E-state index contributed by atoms with van der Waals surface area (Å²) < 4.78 is 25.7. The Bertz CT molecular complexity index is 414. The van der Waals surface area contributed by atoms with Crippen molar-refractivity contribution in [1.82, 2.24) is 4.72 Å². The fourth-order valence-electron chi connectivity index (χ4n) is 0.987. The lowest BCUT2D eigenvalue weighted by molar-refractivity contribution is 0.585. The first-order valence-electron chi connectivity index (χ1n) is 4.42. The highest BCUT2D eigenvalue weighted by Crippen LogP contribution is 2.06. The lowest BCUT2D eigenvalue weighted by Gasteiger charge is -2.03. The van der Waals surface area contributed by atoms with Gasteiger partial charge in [0.05, 0.1) is 4.90 Å². The zero-order valence-electron chi connectivity index (χ0n) is 8.06. The smallest absolute Gasteiger partial charge is 0.207 e. The first-order chi connectivity index (χ1) is 7.17. The highest BCUT2D eigenvalue weighted by atomic mass is 35.5. The monoisotopic (exact) mass is 245 g/mol. The number of nitrogens with one attached hydrogen (secondary N) is 1. The molecular weight excluding hydrogens is 234 g/mol. The number of sulfonamides is 1. The minimum Gasteiger partial charge on any atom is -0.207 e. The molecule has 0 bridgehead atoms. The molecule has 0 aliphatic rings. The van der Waals surface area contributed by atoms with Gasteiger partial charge in [0.1, 0.15) is 0 Å². The zero-order chi connectivity index (χ0) is 11.1. The predicted octanol–water partition coefficient (Wildman–Crippen LogP) is 1.76. The Morgan fingerprint density at radius 2 is 1.87 bits per heavy atom. The van der Waals surface area contributed by atoms with Gasteiger partial charge < -0.3 is 0 Å². The van der Waals surface area contributed by atoms with Crippen LogP contribution in [0.3, 0.4) is 0 Å². The van der Waals surface area contributed by atoms with Crippen molar-refractivity contribution in [3.05, 3.63) is 42.5 Å². The molecule has 0 saturated carbocycles. The van der Waals surface area contributed by atoms with Crippen LogP contribution in [-0.4, -0.2) is 20.8 Å². The van der Waals surface area contributed by atoms with Crippen molar-refractivity contribution in [3.8, 4) is 0 Å². The van der Waals surface area contributed by atoms with E-state index in [1.807, 2.05) is 0 Å². The Labute approximate surface area is 94.8 Å². The Hall–Kier alpha value is -0.840. The fraction of sp³-hybridized carbons (Fsp3) is 0.200. The zero-order valence-corrected chi connectivity index (χ0v) is 9.63. The molecule has 15 heavy (non-hydrogen) atoms. The van der Waals surface area contributed by atoms with E-state index in [-0.39, 0.29) is 11.4 Å². The van der Waals surface area contributed by atoms with Crippen LogP contribution in [0.5, 0.6) is 0 Å². The molecule has 0 spiro atoms. The molecule has 0 aliphatic carbocycles. The van der Waals surface area contributed by atoms with Gasteiger partial charge in [-0.1, -0.05) is 30.4 Å². The molecule has 0 atom stereocenters. The molecule has 5 heteroatoms. The van der Waals surface area contributed by atoms with Crippen molar-refractivity contribution in [3.63, 3.8) is 0 Å². The quantitative estimate of drug-likeness (QED) is 0.635. The van der Waals surface area contributed by atoms with Gasteiger partial charge in [-0.2, -0.15) is 0 Å². The van der Waals surface area contributed by atoms with E-state index in [4.69, 9.17) is 11.6 Å². The van der Waals surface area contributed by atoms with Crippen molar-refractivity contribution < 1.29 is 8.42 Å². The number of benzene rings is 1. The molecule has 0 aromatic heterocycles. The van der Waals surface area contributed by atoms with Gasteiger partial charge in [-0.15, -0.1) is 11.6 Å². The molecule has 0 fully saturated rings. The van der Waals surface area contributed by atoms with Crippen LogP contribution in [0, 0.1) is 0 Å². The second kappa shape index (κ2) is 5.90. The Kier molecular flexibility index (Phi) is 4.81. The van der Waals surface area contributed by atoms with Crippen molar-refractivity contribution in [2.75, 3.05) is 12.4 Å². The Morgan fingerprint density at radius 1 is 1.20 bits per heavy atom. The van der Waals surface area contributed by atoms with Crippen molar-refractivity contribution in [2.45, 2.75) is 4.90 Å². The molecule has 0 radical (unpaired) electrons. The number of rotatable bonds is 5. The molecule has 0 amide bonds. The molecule has 0 saturated heterocycles. The molecule has 82 valence electrons. The molecule has 1 rings (SSSR count). The SMILES string of the molecule is O=S(=O)(NC/C=C/CCl)c1ccccc1. The fourth-order valence-corrected chi connectivity index (χ4v) is 2.11. The summed E-state index contributed by atoms with van der Waals surface area (Å²) in [6.07, 6.45) is 3.36. The third kappa shape index (κ3) is 4.03. The summed E-state index contributed by atoms with van der Waals surface area (Å²) in [5, 5.41) is 0. The van der Waals surface area contributed by atoms with Gasteiger partial charge in [0.15, 0.2) is 0 Å². The molecule has 0 heterocycles. The number of hydrogen-bond acceptors (Lipinski definition) is 2. The van der Waals surface area contributed by atoms with E-state index in [9.17, 15) is 8.42 Å². The van der Waals surface area contributed by atoms with Crippen LogP contribution in [0.15, 0.2) is 47.4 Å². The van der Waals surface area contributed by atoms with Gasteiger partial charge in [0, 0.05) is 12.4 Å². The average Bonchev–Trinajstić information content (AvgIpc) is 2.26. The maximum Gasteiger partial charge on any atom is 0.240 e. The van der Waals surface area contributed by atoms with Crippen LogP contribution in [0.25, 0.3) is 0 Å². The third-order valence-corrected chi connectivity index (χ3v) is 3.32. The van der Waals surface area contributed by atoms with E-state index >= 15 is 0 Å².